The predicted octanol–water partition coefficient (Wildman–Crippen LogP) is 0.135. The smallest absolute Gasteiger partial charge is 0.480 e. The number of nitrogens with two attached hydrogens (primary N) is 1. The second-order valence-electron chi connectivity index (χ2n) is 5.06. The number of amides is 1. The Morgan fingerprint density at radius 1 is 1.07 bits per heavy atom. The fourth-order valence-corrected chi connectivity index (χ4v) is 1.11. The van der Waals surface area contributed by atoms with Crippen LogP contribution in [0, 0.1) is 0 Å². The van der Waals surface area contributed by atoms with E-state index in [4.69, 9.17) is 30.6 Å². The highest BCUT2D eigenvalue weighted by Gasteiger charge is 2.38. The van der Waals surface area contributed by atoms with Crippen LogP contribution in [0.25, 0.3) is 0 Å². The van der Waals surface area contributed by atoms with Gasteiger partial charge in [0.25, 0.3) is 0 Å². The van der Waals surface area contributed by atoms with Crippen LogP contribution in [-0.2, 0) is 25.6 Å². The molecule has 7 N–H and O–H groups in total. The first-order chi connectivity index (χ1) is 13.4. The van der Waals surface area contributed by atoms with E-state index >= 15 is 0 Å². The van der Waals surface area contributed by atoms with Crippen LogP contribution in [0.1, 0.15) is 12.6 Å². The molecule has 0 fully saturated rings. The Kier molecular flexibility index (Phi) is 11.8. The predicted molar refractivity (Wildman–Crippen MR) is 82.9 cm³/mol. The molecule has 11 nitrogen and oxygen atoms in total. The number of carbonyl (C=O) groups is 4. The molecule has 0 saturated carbocycles. The first-order valence-corrected chi connectivity index (χ1v) is 7.25. The number of aromatic amines is 1. The molecule has 0 aromatic carbocycles. The average Bonchev–Trinajstić information content (AvgIpc) is 3.06. The first kappa shape index (κ1) is 28.8. The Bertz CT molecular complexity index is 682. The van der Waals surface area contributed by atoms with E-state index in [2.05, 4.69) is 15.3 Å². The second kappa shape index (κ2) is 12.2. The van der Waals surface area contributed by atoms with Crippen molar-refractivity contribution in [1.29, 1.82) is 0 Å². The van der Waals surface area contributed by atoms with Gasteiger partial charge in [0.2, 0.25) is 5.91 Å². The van der Waals surface area contributed by atoms with Gasteiger partial charge in [-0.15, -0.1) is 0 Å². The Morgan fingerprint density at radius 3 is 1.73 bits per heavy atom. The maximum Gasteiger partial charge on any atom is 0.490 e. The van der Waals surface area contributed by atoms with Crippen LogP contribution >= 0.6 is 0 Å². The Balaban J connectivity index is 0. The molecule has 0 bridgehead atoms. The van der Waals surface area contributed by atoms with Crippen molar-refractivity contribution in [3.05, 3.63) is 18.2 Å². The van der Waals surface area contributed by atoms with E-state index in [0.717, 1.165) is 5.69 Å². The van der Waals surface area contributed by atoms with E-state index in [1.54, 1.807) is 6.20 Å². The molecule has 0 saturated heterocycles. The van der Waals surface area contributed by atoms with Gasteiger partial charge in [-0.2, -0.15) is 26.3 Å². The maximum absolute atomic E-state index is 11.5. The zero-order chi connectivity index (χ0) is 24.3. The molecule has 0 radical (unpaired) electrons. The van der Waals surface area contributed by atoms with Crippen LogP contribution in [0.5, 0.6) is 0 Å². The van der Waals surface area contributed by atoms with E-state index in [1.165, 1.54) is 13.3 Å². The number of rotatable bonds is 5. The van der Waals surface area contributed by atoms with Crippen LogP contribution < -0.4 is 11.1 Å². The van der Waals surface area contributed by atoms with Crippen molar-refractivity contribution >= 4 is 23.8 Å². The lowest BCUT2D eigenvalue weighted by Crippen LogP contribution is -2.48. The number of aliphatic carboxylic acids is 3. The van der Waals surface area contributed by atoms with Gasteiger partial charge < -0.3 is 31.4 Å². The van der Waals surface area contributed by atoms with Crippen LogP contribution in [0.2, 0.25) is 0 Å². The molecular formula is C13H16F6N4O7. The molecule has 1 rings (SSSR count). The summed E-state index contributed by atoms with van der Waals surface area (Å²) in [7, 11) is 0. The summed E-state index contributed by atoms with van der Waals surface area (Å²) < 4.78 is 63.5. The summed E-state index contributed by atoms with van der Waals surface area (Å²) in [6, 6.07) is -1.73. The van der Waals surface area contributed by atoms with E-state index in [9.17, 15) is 35.9 Å². The zero-order valence-electron chi connectivity index (χ0n) is 14.8. The van der Waals surface area contributed by atoms with Gasteiger partial charge in [-0.05, 0) is 6.92 Å². The molecule has 0 aliphatic rings. The van der Waals surface area contributed by atoms with Gasteiger partial charge in [-0.1, -0.05) is 0 Å². The number of nitrogens with one attached hydrogen (secondary N) is 2. The third-order valence-corrected chi connectivity index (χ3v) is 2.55. The molecule has 17 heteroatoms. The fourth-order valence-electron chi connectivity index (χ4n) is 1.11. The topological polar surface area (TPSA) is 196 Å². The minimum atomic E-state index is -5.08. The summed E-state index contributed by atoms with van der Waals surface area (Å²) in [5, 5.41) is 25.1. The summed E-state index contributed by atoms with van der Waals surface area (Å²) in [5.41, 5.74) is 6.33. The minimum absolute atomic E-state index is 0.290. The standard InChI is InChI=1S/C9H14N4O3.2C2HF3O2/c1-5(9(15)16)13-8(14)7(10)2-6-3-11-4-12-6;2*3-2(4,5)1(6)7/h3-5,7H,2,10H2,1H3,(H,11,12)(H,13,14)(H,15,16);2*(H,6,7)/t5-,7-;;/m0../s1. The molecule has 0 aliphatic carbocycles. The lowest BCUT2D eigenvalue weighted by atomic mass is 10.1. The largest absolute Gasteiger partial charge is 0.490 e. The summed E-state index contributed by atoms with van der Waals surface area (Å²) >= 11 is 0. The van der Waals surface area contributed by atoms with Crippen LogP contribution in [0.4, 0.5) is 26.3 Å². The van der Waals surface area contributed by atoms with Crippen LogP contribution in [-0.4, -0.2) is 73.5 Å². The molecule has 1 aromatic rings. The maximum atomic E-state index is 11.5. The number of carboxylic acids is 3. The lowest BCUT2D eigenvalue weighted by molar-refractivity contribution is -0.193. The van der Waals surface area contributed by atoms with E-state index in [1.807, 2.05) is 0 Å². The minimum Gasteiger partial charge on any atom is -0.480 e. The van der Waals surface area contributed by atoms with Gasteiger partial charge >= 0.3 is 30.3 Å². The number of hydrogen-bond donors (Lipinski definition) is 6. The highest BCUT2D eigenvalue weighted by atomic mass is 19.4. The number of alkyl halides is 6. The van der Waals surface area contributed by atoms with Crippen molar-refractivity contribution in [3.8, 4) is 0 Å². The van der Waals surface area contributed by atoms with Crippen molar-refractivity contribution in [2.45, 2.75) is 37.8 Å². The molecule has 1 aromatic heterocycles. The van der Waals surface area contributed by atoms with Gasteiger partial charge in [0, 0.05) is 18.3 Å². The van der Waals surface area contributed by atoms with E-state index in [-0.39, 0.29) is 6.42 Å². The second-order valence-corrected chi connectivity index (χ2v) is 5.06. The quantitative estimate of drug-likeness (QED) is 0.335. The molecular weight excluding hydrogens is 438 g/mol. The lowest BCUT2D eigenvalue weighted by Gasteiger charge is -2.13. The molecule has 0 unspecified atom stereocenters. The summed E-state index contributed by atoms with van der Waals surface area (Å²) in [5.74, 6) is -7.11. The van der Waals surface area contributed by atoms with Gasteiger partial charge in [-0.3, -0.25) is 9.59 Å². The zero-order valence-corrected chi connectivity index (χ0v) is 14.8. The van der Waals surface area contributed by atoms with Crippen LogP contribution in [0.15, 0.2) is 12.5 Å². The van der Waals surface area contributed by atoms with E-state index < -0.39 is 48.3 Å². The molecule has 30 heavy (non-hydrogen) atoms. The molecule has 0 aliphatic heterocycles. The SMILES string of the molecule is C[C@H](NC(=O)[C@@H](N)Cc1cnc[nH]1)C(=O)O.O=C(O)C(F)(F)F.O=C(O)C(F)(F)F. The summed E-state index contributed by atoms with van der Waals surface area (Å²) in [4.78, 5) is 46.3. The Labute approximate surface area is 162 Å². The number of halogens is 6. The third-order valence-electron chi connectivity index (χ3n) is 2.55. The van der Waals surface area contributed by atoms with Crippen molar-refractivity contribution < 1.29 is 60.8 Å². The normalized spacial score (nSPS) is 12.8. The third kappa shape index (κ3) is 13.7. The molecule has 2 atom stereocenters. The van der Waals surface area contributed by atoms with Crippen molar-refractivity contribution in [2.75, 3.05) is 0 Å². The highest BCUT2D eigenvalue weighted by Crippen LogP contribution is 2.13. The van der Waals surface area contributed by atoms with E-state index in [0.29, 0.717) is 0 Å². The monoisotopic (exact) mass is 454 g/mol. The summed E-state index contributed by atoms with van der Waals surface area (Å²) in [6.45, 7) is 1.38. The number of aromatic nitrogens is 2. The Morgan fingerprint density at radius 2 is 1.47 bits per heavy atom. The summed E-state index contributed by atoms with van der Waals surface area (Å²) in [6.07, 6.45) is -6.83. The average molecular weight is 454 g/mol. The highest BCUT2D eigenvalue weighted by molar-refractivity contribution is 5.86. The van der Waals surface area contributed by atoms with Crippen molar-refractivity contribution in [3.63, 3.8) is 0 Å². The van der Waals surface area contributed by atoms with Gasteiger partial charge in [0.1, 0.15) is 6.04 Å². The molecule has 172 valence electrons. The number of imidazole rings is 1. The number of hydrogen-bond acceptors (Lipinski definition) is 6. The first-order valence-electron chi connectivity index (χ1n) is 7.25. The number of carbonyl (C=O) groups excluding carboxylic acids is 1. The van der Waals surface area contributed by atoms with Gasteiger partial charge in [-0.25, -0.2) is 14.6 Å². The van der Waals surface area contributed by atoms with Gasteiger partial charge in [0.05, 0.1) is 12.4 Å². The fraction of sp³-hybridized carbons (Fsp3) is 0.462. The molecule has 1 amide bonds. The van der Waals surface area contributed by atoms with Gasteiger partial charge in [0.15, 0.2) is 0 Å². The molecule has 0 spiro atoms. The number of carboxylic acid groups (broad SMARTS) is 3. The Hall–Kier alpha value is -3.37. The van der Waals surface area contributed by atoms with Crippen molar-refractivity contribution in [1.82, 2.24) is 15.3 Å². The number of nitrogens with zero attached hydrogens (tertiary/aromatic N) is 1. The van der Waals surface area contributed by atoms with Crippen LogP contribution in [0.3, 0.4) is 0 Å². The van der Waals surface area contributed by atoms with Crippen molar-refractivity contribution in [2.24, 2.45) is 5.73 Å². The number of H-pyrrole nitrogens is 1. The molecule has 1 heterocycles.